The Kier molecular flexibility index (Phi) is 6.17. The third-order valence-corrected chi connectivity index (χ3v) is 6.04. The summed E-state index contributed by atoms with van der Waals surface area (Å²) in [5.74, 6) is 3.23. The molecule has 0 N–H and O–H groups in total. The fourth-order valence-corrected chi connectivity index (χ4v) is 4.39. The van der Waals surface area contributed by atoms with E-state index in [2.05, 4.69) is 33.8 Å². The van der Waals surface area contributed by atoms with Gasteiger partial charge >= 0.3 is 0 Å². The van der Waals surface area contributed by atoms with Gasteiger partial charge in [-0.1, -0.05) is 42.1 Å². The molecular formula is C22H21N3O2S2. The van der Waals surface area contributed by atoms with Crippen LogP contribution in [0.15, 0.2) is 71.2 Å². The monoisotopic (exact) mass is 423 g/mol. The lowest BCUT2D eigenvalue weighted by Crippen LogP contribution is -2.05. The van der Waals surface area contributed by atoms with Crippen LogP contribution in [0.4, 0.5) is 0 Å². The quantitative estimate of drug-likeness (QED) is 0.277. The van der Waals surface area contributed by atoms with Gasteiger partial charge in [0.1, 0.15) is 11.5 Å². The fraction of sp³-hybridized carbons (Fsp3) is 0.182. The van der Waals surface area contributed by atoms with Crippen LogP contribution in [0.5, 0.6) is 11.5 Å². The van der Waals surface area contributed by atoms with Crippen molar-refractivity contribution in [1.82, 2.24) is 14.8 Å². The highest BCUT2D eigenvalue weighted by Gasteiger charge is 2.19. The Bertz CT molecular complexity index is 1060. The molecule has 4 aromatic rings. The molecule has 7 heteroatoms. The lowest BCUT2D eigenvalue weighted by atomic mass is 10.2. The first kappa shape index (κ1) is 19.5. The molecule has 0 spiro atoms. The van der Waals surface area contributed by atoms with E-state index >= 15 is 0 Å². The van der Waals surface area contributed by atoms with Crippen LogP contribution in [-0.2, 0) is 0 Å². The molecule has 5 nitrogen and oxygen atoms in total. The second kappa shape index (κ2) is 9.15. The van der Waals surface area contributed by atoms with Crippen LogP contribution in [0.1, 0.15) is 5.56 Å². The predicted octanol–water partition coefficient (Wildman–Crippen LogP) is 5.48. The Morgan fingerprint density at radius 2 is 1.90 bits per heavy atom. The number of methoxy groups -OCH3 is 1. The van der Waals surface area contributed by atoms with Crippen LogP contribution in [-0.4, -0.2) is 34.2 Å². The normalized spacial score (nSPS) is 10.8. The molecule has 0 aliphatic carbocycles. The summed E-state index contributed by atoms with van der Waals surface area (Å²) in [4.78, 5) is 1.06. The number of ether oxygens (including phenoxy) is 2. The number of aryl methyl sites for hydroxylation is 1. The molecule has 148 valence electrons. The summed E-state index contributed by atoms with van der Waals surface area (Å²) in [5, 5.41) is 11.8. The first-order chi connectivity index (χ1) is 14.3. The minimum atomic E-state index is 0.584. The molecule has 0 aliphatic heterocycles. The molecule has 0 aliphatic rings. The van der Waals surface area contributed by atoms with Gasteiger partial charge in [-0.05, 0) is 48.2 Å². The first-order valence-electron chi connectivity index (χ1n) is 9.21. The molecule has 0 atom stereocenters. The van der Waals surface area contributed by atoms with Gasteiger partial charge in [0.05, 0.1) is 24.3 Å². The van der Waals surface area contributed by atoms with Crippen LogP contribution in [0, 0.1) is 6.92 Å². The van der Waals surface area contributed by atoms with Crippen LogP contribution in [0.3, 0.4) is 0 Å². The van der Waals surface area contributed by atoms with Crippen LogP contribution < -0.4 is 9.47 Å². The van der Waals surface area contributed by atoms with Gasteiger partial charge < -0.3 is 9.47 Å². The molecule has 0 saturated heterocycles. The minimum Gasteiger partial charge on any atom is -0.495 e. The van der Waals surface area contributed by atoms with Crippen molar-refractivity contribution in [2.45, 2.75) is 12.1 Å². The van der Waals surface area contributed by atoms with E-state index in [0.717, 1.165) is 44.4 Å². The summed E-state index contributed by atoms with van der Waals surface area (Å²) in [5.41, 5.74) is 2.09. The highest BCUT2D eigenvalue weighted by molar-refractivity contribution is 7.99. The summed E-state index contributed by atoms with van der Waals surface area (Å²) in [6.45, 7) is 2.65. The summed E-state index contributed by atoms with van der Waals surface area (Å²) in [7, 11) is 1.68. The highest BCUT2D eigenvalue weighted by Crippen LogP contribution is 2.34. The lowest BCUT2D eigenvalue weighted by molar-refractivity contribution is 0.344. The van der Waals surface area contributed by atoms with Crippen molar-refractivity contribution in [2.24, 2.45) is 0 Å². The van der Waals surface area contributed by atoms with Gasteiger partial charge in [-0.15, -0.1) is 21.5 Å². The van der Waals surface area contributed by atoms with E-state index in [1.165, 1.54) is 0 Å². The van der Waals surface area contributed by atoms with Crippen LogP contribution >= 0.6 is 23.1 Å². The molecule has 2 aromatic carbocycles. The first-order valence-corrected chi connectivity index (χ1v) is 11.1. The molecular weight excluding hydrogens is 402 g/mol. The van der Waals surface area contributed by atoms with Crippen molar-refractivity contribution in [1.29, 1.82) is 0 Å². The van der Waals surface area contributed by atoms with Crippen molar-refractivity contribution < 1.29 is 9.47 Å². The summed E-state index contributed by atoms with van der Waals surface area (Å²) in [6.07, 6.45) is 0. The summed E-state index contributed by atoms with van der Waals surface area (Å²) < 4.78 is 13.5. The van der Waals surface area contributed by atoms with Gasteiger partial charge in [-0.2, -0.15) is 0 Å². The number of hydrogen-bond donors (Lipinski definition) is 0. The Morgan fingerprint density at radius 3 is 2.66 bits per heavy atom. The molecule has 0 fully saturated rings. The van der Waals surface area contributed by atoms with Crippen molar-refractivity contribution in [2.75, 3.05) is 19.5 Å². The van der Waals surface area contributed by atoms with E-state index < -0.39 is 0 Å². The molecule has 29 heavy (non-hydrogen) atoms. The SMILES string of the molecule is COc1ccc(C)cc1-n1c(SCCOc2ccccc2)nnc1-c1cccs1. The average molecular weight is 424 g/mol. The van der Waals surface area contributed by atoms with Gasteiger partial charge in [-0.25, -0.2) is 0 Å². The highest BCUT2D eigenvalue weighted by atomic mass is 32.2. The smallest absolute Gasteiger partial charge is 0.196 e. The zero-order chi connectivity index (χ0) is 20.1. The summed E-state index contributed by atoms with van der Waals surface area (Å²) >= 11 is 3.26. The minimum absolute atomic E-state index is 0.584. The Labute approximate surface area is 178 Å². The second-order valence-electron chi connectivity index (χ2n) is 6.30. The largest absolute Gasteiger partial charge is 0.495 e. The molecule has 4 rings (SSSR count). The van der Waals surface area contributed by atoms with Gasteiger partial charge in [0, 0.05) is 5.75 Å². The standard InChI is InChI=1S/C22H21N3O2S2/c1-16-10-11-19(26-2)18(15-16)25-21(20-9-6-13-28-20)23-24-22(25)29-14-12-27-17-7-4-3-5-8-17/h3-11,13,15H,12,14H2,1-2H3. The van der Waals surface area contributed by atoms with E-state index in [0.29, 0.717) is 6.61 Å². The lowest BCUT2D eigenvalue weighted by Gasteiger charge is -2.14. The van der Waals surface area contributed by atoms with E-state index in [1.807, 2.05) is 53.9 Å². The summed E-state index contributed by atoms with van der Waals surface area (Å²) in [6, 6.07) is 20.0. The molecule has 2 aromatic heterocycles. The zero-order valence-electron chi connectivity index (χ0n) is 16.2. The Balaban J connectivity index is 1.62. The van der Waals surface area contributed by atoms with Gasteiger partial charge in [0.15, 0.2) is 11.0 Å². The molecule has 0 saturated carbocycles. The van der Waals surface area contributed by atoms with E-state index in [4.69, 9.17) is 9.47 Å². The number of nitrogens with zero attached hydrogens (tertiary/aromatic N) is 3. The van der Waals surface area contributed by atoms with E-state index in [1.54, 1.807) is 30.2 Å². The third kappa shape index (κ3) is 4.46. The second-order valence-corrected chi connectivity index (χ2v) is 8.31. The van der Waals surface area contributed by atoms with Gasteiger partial charge in [0.25, 0.3) is 0 Å². The molecule has 0 unspecified atom stereocenters. The number of thioether (sulfide) groups is 1. The molecule has 0 amide bonds. The maximum atomic E-state index is 5.82. The van der Waals surface area contributed by atoms with Crippen molar-refractivity contribution in [3.8, 4) is 27.9 Å². The third-order valence-electron chi connectivity index (χ3n) is 4.28. The number of aromatic nitrogens is 3. The number of thiophene rings is 1. The number of benzene rings is 2. The van der Waals surface area contributed by atoms with Gasteiger partial charge in [-0.3, -0.25) is 4.57 Å². The average Bonchev–Trinajstić information content (AvgIpc) is 3.41. The van der Waals surface area contributed by atoms with Gasteiger partial charge in [0.2, 0.25) is 0 Å². The maximum Gasteiger partial charge on any atom is 0.196 e. The molecule has 0 bridgehead atoms. The number of rotatable bonds is 8. The fourth-order valence-electron chi connectivity index (χ4n) is 2.93. The van der Waals surface area contributed by atoms with Crippen LogP contribution in [0.2, 0.25) is 0 Å². The van der Waals surface area contributed by atoms with Crippen LogP contribution in [0.25, 0.3) is 16.4 Å². The van der Waals surface area contributed by atoms with E-state index in [-0.39, 0.29) is 0 Å². The number of hydrogen-bond acceptors (Lipinski definition) is 6. The van der Waals surface area contributed by atoms with Crippen molar-refractivity contribution >= 4 is 23.1 Å². The van der Waals surface area contributed by atoms with Crippen molar-refractivity contribution in [3.05, 3.63) is 71.6 Å². The van der Waals surface area contributed by atoms with E-state index in [9.17, 15) is 0 Å². The zero-order valence-corrected chi connectivity index (χ0v) is 17.9. The topological polar surface area (TPSA) is 49.2 Å². The number of para-hydroxylation sites is 1. The molecule has 0 radical (unpaired) electrons. The maximum absolute atomic E-state index is 5.82. The Morgan fingerprint density at radius 1 is 1.03 bits per heavy atom. The van der Waals surface area contributed by atoms with Crippen molar-refractivity contribution in [3.63, 3.8) is 0 Å². The molecule has 2 heterocycles. The Hall–Kier alpha value is -2.77. The predicted molar refractivity (Wildman–Crippen MR) is 119 cm³/mol.